The molecule has 1 fully saturated rings. The van der Waals surface area contributed by atoms with Crippen LogP contribution in [0.4, 0.5) is 17.1 Å². The van der Waals surface area contributed by atoms with Gasteiger partial charge in [0.05, 0.1) is 17.4 Å². The molecule has 0 radical (unpaired) electrons. The molecule has 0 atom stereocenters. The normalized spacial score (nSPS) is 14.3. The minimum Gasteiger partial charge on any atom is -0.461 e. The maximum absolute atomic E-state index is 12.9. The Bertz CT molecular complexity index is 1110. The molecule has 0 bridgehead atoms. The maximum Gasteiger partial charge on any atom is 0.236 e. The average Bonchev–Trinajstić information content (AvgIpc) is 3.15. The molecule has 29 heavy (non-hydrogen) atoms. The van der Waals surface area contributed by atoms with Crippen LogP contribution in [0.2, 0.25) is 0 Å². The number of hydrogen-bond acceptors (Lipinski definition) is 5. The molecule has 0 spiro atoms. The van der Waals surface area contributed by atoms with E-state index in [0.29, 0.717) is 17.2 Å². The van der Waals surface area contributed by atoms with Gasteiger partial charge in [-0.1, -0.05) is 23.4 Å². The van der Waals surface area contributed by atoms with E-state index in [1.54, 1.807) is 24.5 Å². The predicted octanol–water partition coefficient (Wildman–Crippen LogP) is 5.35. The molecule has 2 heterocycles. The first-order chi connectivity index (χ1) is 14.2. The van der Waals surface area contributed by atoms with Crippen LogP contribution in [0.25, 0.3) is 11.5 Å². The van der Waals surface area contributed by atoms with Crippen LogP contribution in [0.3, 0.4) is 0 Å². The number of rotatable bonds is 6. The van der Waals surface area contributed by atoms with Gasteiger partial charge in [0.15, 0.2) is 5.76 Å². The summed E-state index contributed by atoms with van der Waals surface area (Å²) in [5, 5.41) is 10.5. The van der Waals surface area contributed by atoms with Crippen LogP contribution in [0.1, 0.15) is 18.5 Å². The zero-order chi connectivity index (χ0) is 19.7. The molecule has 2 aromatic carbocycles. The Balaban J connectivity index is 1.28. The van der Waals surface area contributed by atoms with Crippen molar-refractivity contribution in [3.63, 3.8) is 0 Å². The molecule has 0 unspecified atom stereocenters. The number of furan rings is 1. The van der Waals surface area contributed by atoms with Crippen molar-refractivity contribution in [2.24, 2.45) is 0 Å². The summed E-state index contributed by atoms with van der Waals surface area (Å²) in [7, 11) is 0. The predicted molar refractivity (Wildman–Crippen MR) is 110 cm³/mol. The van der Waals surface area contributed by atoms with Gasteiger partial charge in [-0.15, -0.1) is 0 Å². The number of carbonyl (C=O) groups excluding carboxylic acids is 1. The lowest BCUT2D eigenvalue weighted by Gasteiger charge is -2.13. The van der Waals surface area contributed by atoms with E-state index >= 15 is 0 Å². The van der Waals surface area contributed by atoms with Crippen LogP contribution in [-0.2, 0) is 10.2 Å². The van der Waals surface area contributed by atoms with Crippen molar-refractivity contribution in [3.05, 3.63) is 84.8 Å². The first-order valence-electron chi connectivity index (χ1n) is 9.48. The van der Waals surface area contributed by atoms with E-state index in [4.69, 9.17) is 8.94 Å². The molecule has 5 rings (SSSR count). The van der Waals surface area contributed by atoms with Gasteiger partial charge >= 0.3 is 0 Å². The number of benzene rings is 2. The van der Waals surface area contributed by atoms with Crippen molar-refractivity contribution >= 4 is 23.0 Å². The fourth-order valence-electron chi connectivity index (χ4n) is 3.34. The fourth-order valence-corrected chi connectivity index (χ4v) is 3.34. The van der Waals surface area contributed by atoms with Gasteiger partial charge < -0.3 is 19.6 Å². The van der Waals surface area contributed by atoms with E-state index in [9.17, 15) is 4.79 Å². The van der Waals surface area contributed by atoms with E-state index in [2.05, 4.69) is 15.8 Å². The molecule has 1 aliphatic carbocycles. The van der Waals surface area contributed by atoms with Gasteiger partial charge in [-0.3, -0.25) is 4.79 Å². The van der Waals surface area contributed by atoms with Gasteiger partial charge in [0, 0.05) is 23.1 Å². The smallest absolute Gasteiger partial charge is 0.236 e. The Labute approximate surface area is 167 Å². The van der Waals surface area contributed by atoms with Crippen molar-refractivity contribution in [1.29, 1.82) is 0 Å². The van der Waals surface area contributed by atoms with Gasteiger partial charge in [-0.05, 0) is 61.4 Å². The Hall–Kier alpha value is -3.80. The van der Waals surface area contributed by atoms with Gasteiger partial charge in [-0.25, -0.2) is 0 Å². The van der Waals surface area contributed by atoms with Crippen molar-refractivity contribution in [2.45, 2.75) is 18.3 Å². The van der Waals surface area contributed by atoms with Crippen molar-refractivity contribution in [1.82, 2.24) is 5.16 Å². The quantitative estimate of drug-likeness (QED) is 0.468. The topological polar surface area (TPSA) is 80.3 Å². The largest absolute Gasteiger partial charge is 0.461 e. The monoisotopic (exact) mass is 385 g/mol. The molecule has 2 N–H and O–H groups in total. The summed E-state index contributed by atoms with van der Waals surface area (Å²) in [4.78, 5) is 12.9. The van der Waals surface area contributed by atoms with E-state index in [1.165, 1.54) is 0 Å². The number of amides is 1. The second-order valence-corrected chi connectivity index (χ2v) is 7.16. The highest BCUT2D eigenvalue weighted by atomic mass is 16.5. The van der Waals surface area contributed by atoms with Crippen LogP contribution in [0.15, 0.2) is 88.0 Å². The summed E-state index contributed by atoms with van der Waals surface area (Å²) in [5.74, 6) is 1.06. The standard InChI is InChI=1S/C23H19N3O3/c27-22(23(12-13-23)21-15-20(29-26-21)19-7-4-14-28-19)25-18-10-8-17(9-11-18)24-16-5-2-1-3-6-16/h1-11,14-15,24H,12-13H2,(H,25,27). The van der Waals surface area contributed by atoms with E-state index in [1.807, 2.05) is 54.6 Å². The minimum absolute atomic E-state index is 0.0689. The van der Waals surface area contributed by atoms with Crippen LogP contribution in [0, 0.1) is 0 Å². The van der Waals surface area contributed by atoms with Gasteiger partial charge in [0.2, 0.25) is 11.7 Å². The number of carbonyl (C=O) groups is 1. The van der Waals surface area contributed by atoms with Crippen molar-refractivity contribution in [3.8, 4) is 11.5 Å². The van der Waals surface area contributed by atoms with Gasteiger partial charge in [0.1, 0.15) is 0 Å². The lowest BCUT2D eigenvalue weighted by molar-refractivity contribution is -0.118. The summed E-state index contributed by atoms with van der Waals surface area (Å²) >= 11 is 0. The maximum atomic E-state index is 12.9. The highest BCUT2D eigenvalue weighted by Gasteiger charge is 2.54. The molecule has 0 aliphatic heterocycles. The van der Waals surface area contributed by atoms with Gasteiger partial charge in [0.25, 0.3) is 0 Å². The third kappa shape index (κ3) is 3.40. The molecule has 4 aromatic rings. The molecular formula is C23H19N3O3. The molecule has 6 nitrogen and oxygen atoms in total. The Morgan fingerprint density at radius 1 is 0.862 bits per heavy atom. The first-order valence-corrected chi connectivity index (χ1v) is 9.48. The molecule has 2 aromatic heterocycles. The van der Waals surface area contributed by atoms with Crippen LogP contribution < -0.4 is 10.6 Å². The molecule has 1 saturated carbocycles. The highest BCUT2D eigenvalue weighted by molar-refractivity contribution is 6.01. The lowest BCUT2D eigenvalue weighted by atomic mass is 10.0. The second-order valence-electron chi connectivity index (χ2n) is 7.16. The summed E-state index contributed by atoms with van der Waals surface area (Å²) < 4.78 is 10.7. The SMILES string of the molecule is O=C(Nc1ccc(Nc2ccccc2)cc1)C1(c2cc(-c3ccco3)on2)CC1. The first kappa shape index (κ1) is 17.3. The highest BCUT2D eigenvalue weighted by Crippen LogP contribution is 2.49. The molecule has 6 heteroatoms. The van der Waals surface area contributed by atoms with Crippen LogP contribution >= 0.6 is 0 Å². The number of anilines is 3. The number of para-hydroxylation sites is 1. The summed E-state index contributed by atoms with van der Waals surface area (Å²) in [5.41, 5.74) is 2.72. The van der Waals surface area contributed by atoms with Crippen molar-refractivity contribution < 1.29 is 13.7 Å². The van der Waals surface area contributed by atoms with E-state index in [-0.39, 0.29) is 5.91 Å². The average molecular weight is 385 g/mol. The minimum atomic E-state index is -0.630. The Morgan fingerprint density at radius 2 is 1.59 bits per heavy atom. The zero-order valence-electron chi connectivity index (χ0n) is 15.6. The zero-order valence-corrected chi connectivity index (χ0v) is 15.6. The van der Waals surface area contributed by atoms with Crippen LogP contribution in [0.5, 0.6) is 0 Å². The molecule has 144 valence electrons. The summed E-state index contributed by atoms with van der Waals surface area (Å²) in [6.07, 6.45) is 3.07. The van der Waals surface area contributed by atoms with Crippen molar-refractivity contribution in [2.75, 3.05) is 10.6 Å². The number of aromatic nitrogens is 1. The third-order valence-electron chi connectivity index (χ3n) is 5.15. The van der Waals surface area contributed by atoms with E-state index < -0.39 is 5.41 Å². The van der Waals surface area contributed by atoms with Gasteiger partial charge in [-0.2, -0.15) is 0 Å². The lowest BCUT2D eigenvalue weighted by Crippen LogP contribution is -2.28. The summed E-state index contributed by atoms with van der Waals surface area (Å²) in [6.45, 7) is 0. The molecular weight excluding hydrogens is 366 g/mol. The Kier molecular flexibility index (Phi) is 4.17. The Morgan fingerprint density at radius 3 is 2.28 bits per heavy atom. The second kappa shape index (κ2) is 6.98. The molecule has 1 aliphatic rings. The van der Waals surface area contributed by atoms with Crippen LogP contribution in [-0.4, -0.2) is 11.1 Å². The fraction of sp³-hybridized carbons (Fsp3) is 0.130. The molecule has 0 saturated heterocycles. The van der Waals surface area contributed by atoms with E-state index in [0.717, 1.165) is 29.9 Å². The summed E-state index contributed by atoms with van der Waals surface area (Å²) in [6, 6.07) is 23.0. The number of nitrogens with zero attached hydrogens (tertiary/aromatic N) is 1. The molecule has 1 amide bonds. The third-order valence-corrected chi connectivity index (χ3v) is 5.15. The number of hydrogen-bond donors (Lipinski definition) is 2. The number of nitrogens with one attached hydrogen (secondary N) is 2.